The van der Waals surface area contributed by atoms with Crippen LogP contribution < -0.4 is 0 Å². The number of hydrogen-bond acceptors (Lipinski definition) is 2. The molecule has 4 heteroatoms. The minimum absolute atomic E-state index is 0. The van der Waals surface area contributed by atoms with Crippen molar-refractivity contribution in [2.45, 2.75) is 77.2 Å². The monoisotopic (exact) mass is 742 g/mol. The van der Waals surface area contributed by atoms with Gasteiger partial charge in [-0.15, -0.1) is 71.3 Å². The summed E-state index contributed by atoms with van der Waals surface area (Å²) >= 11 is 0. The van der Waals surface area contributed by atoms with E-state index in [0.29, 0.717) is 11.8 Å². The number of fused-ring (bicyclic) bond motifs is 3. The summed E-state index contributed by atoms with van der Waals surface area (Å²) in [4.78, 5) is 9.57. The van der Waals surface area contributed by atoms with Crippen LogP contribution in [0.3, 0.4) is 0 Å². The standard InChI is InChI=1S/C23H23N2.C16H16N.Ir/c1-23(2)15-19(16-9-6-7-10-16)18-13-8-14-20-21(18)25(23)22(24-20)17-11-4-3-5-12-17;1-11-12-7-4-5-8-13(12)15-14(16(11,2)3)9-6-10-17-15;/h3-5,8,11,13-16H,6-7,9-10H2,1-2H3;4-7,9-11H,1-3H3;/q2*-1;. The molecular formula is C39H39IrN3-2. The summed E-state index contributed by atoms with van der Waals surface area (Å²) in [7, 11) is 0. The van der Waals surface area contributed by atoms with E-state index >= 15 is 0 Å². The van der Waals surface area contributed by atoms with Gasteiger partial charge in [-0.05, 0) is 67.3 Å². The summed E-state index contributed by atoms with van der Waals surface area (Å²) in [6, 6.07) is 31.9. The maximum atomic E-state index is 5.01. The number of nitrogens with zero attached hydrogens (tertiary/aromatic N) is 3. The van der Waals surface area contributed by atoms with E-state index in [4.69, 9.17) is 4.98 Å². The van der Waals surface area contributed by atoms with Crippen LogP contribution in [0.15, 0.2) is 85.1 Å². The number of pyridine rings is 1. The topological polar surface area (TPSA) is 30.7 Å². The third kappa shape index (κ3) is 4.93. The summed E-state index contributed by atoms with van der Waals surface area (Å²) in [5.41, 5.74) is 11.4. The summed E-state index contributed by atoms with van der Waals surface area (Å²) in [5.74, 6) is 2.22. The van der Waals surface area contributed by atoms with Gasteiger partial charge in [-0.25, -0.2) is 0 Å². The molecule has 8 rings (SSSR count). The largest absolute Gasteiger partial charge is 0.355 e. The van der Waals surface area contributed by atoms with Crippen molar-refractivity contribution < 1.29 is 20.1 Å². The van der Waals surface area contributed by atoms with E-state index in [0.717, 1.165) is 22.6 Å². The molecule has 3 nitrogen and oxygen atoms in total. The number of imidazole rings is 1. The molecule has 0 spiro atoms. The Morgan fingerprint density at radius 2 is 1.65 bits per heavy atom. The van der Waals surface area contributed by atoms with Crippen molar-refractivity contribution in [3.63, 3.8) is 0 Å². The van der Waals surface area contributed by atoms with Gasteiger partial charge in [0.05, 0.1) is 22.4 Å². The Hall–Kier alpha value is -3.33. The minimum atomic E-state index is -0.0833. The predicted molar refractivity (Wildman–Crippen MR) is 173 cm³/mol. The molecule has 1 saturated carbocycles. The summed E-state index contributed by atoms with van der Waals surface area (Å²) in [6.45, 7) is 11.5. The van der Waals surface area contributed by atoms with Crippen LogP contribution in [0.2, 0.25) is 0 Å². The Bertz CT molecular complexity index is 1810. The second-order valence-electron chi connectivity index (χ2n) is 13.3. The van der Waals surface area contributed by atoms with Crippen molar-refractivity contribution in [3.05, 3.63) is 114 Å². The second kappa shape index (κ2) is 11.3. The van der Waals surface area contributed by atoms with Gasteiger partial charge in [0.15, 0.2) is 0 Å². The average molecular weight is 742 g/mol. The Morgan fingerprint density at radius 1 is 0.860 bits per heavy atom. The molecule has 3 aromatic carbocycles. The summed E-state index contributed by atoms with van der Waals surface area (Å²) in [6.07, 6.45) is 9.75. The van der Waals surface area contributed by atoms with Crippen LogP contribution in [0.5, 0.6) is 0 Å². The molecular weight excluding hydrogens is 703 g/mol. The Balaban J connectivity index is 0.000000161. The fraction of sp³-hybridized carbons (Fsp3) is 0.333. The molecule has 0 bridgehead atoms. The molecule has 1 aliphatic heterocycles. The van der Waals surface area contributed by atoms with Crippen molar-refractivity contribution in [1.29, 1.82) is 0 Å². The molecule has 1 fully saturated rings. The normalized spacial score (nSPS) is 19.4. The van der Waals surface area contributed by atoms with Gasteiger partial charge in [0.2, 0.25) is 0 Å². The third-order valence-electron chi connectivity index (χ3n) is 9.99. The molecule has 0 saturated heterocycles. The Labute approximate surface area is 269 Å². The molecule has 0 amide bonds. The van der Waals surface area contributed by atoms with Crippen molar-refractivity contribution in [2.75, 3.05) is 0 Å². The van der Waals surface area contributed by atoms with E-state index < -0.39 is 0 Å². The molecule has 43 heavy (non-hydrogen) atoms. The van der Waals surface area contributed by atoms with Crippen molar-refractivity contribution in [1.82, 2.24) is 14.5 Å². The van der Waals surface area contributed by atoms with Crippen LogP contribution in [0, 0.1) is 18.1 Å². The van der Waals surface area contributed by atoms with Crippen LogP contribution in [0.25, 0.3) is 39.3 Å². The quantitative estimate of drug-likeness (QED) is 0.169. The summed E-state index contributed by atoms with van der Waals surface area (Å²) < 4.78 is 2.42. The third-order valence-corrected chi connectivity index (χ3v) is 9.99. The molecule has 2 aliphatic carbocycles. The van der Waals surface area contributed by atoms with Crippen LogP contribution in [-0.2, 0) is 31.1 Å². The Morgan fingerprint density at radius 3 is 2.42 bits per heavy atom. The first kappa shape index (κ1) is 29.7. The van der Waals surface area contributed by atoms with Gasteiger partial charge in [0.1, 0.15) is 0 Å². The molecule has 5 aromatic rings. The van der Waals surface area contributed by atoms with E-state index in [9.17, 15) is 0 Å². The van der Waals surface area contributed by atoms with Crippen molar-refractivity contribution in [3.8, 4) is 22.6 Å². The van der Waals surface area contributed by atoms with Gasteiger partial charge < -0.3 is 9.55 Å². The number of para-hydroxylation sites is 1. The fourth-order valence-corrected chi connectivity index (χ4v) is 7.49. The molecule has 1 radical (unpaired) electrons. The van der Waals surface area contributed by atoms with Gasteiger partial charge >= 0.3 is 0 Å². The summed E-state index contributed by atoms with van der Waals surface area (Å²) in [5, 5.41) is 0. The molecule has 2 aromatic heterocycles. The molecule has 1 atom stereocenters. The van der Waals surface area contributed by atoms with Crippen molar-refractivity contribution >= 4 is 16.6 Å². The van der Waals surface area contributed by atoms with E-state index in [2.05, 4.69) is 111 Å². The number of aromatic nitrogens is 3. The average Bonchev–Trinajstić information content (AvgIpc) is 3.69. The fourth-order valence-electron chi connectivity index (χ4n) is 7.49. The smallest absolute Gasteiger partial charge is 0.0777 e. The first-order valence-electron chi connectivity index (χ1n) is 15.5. The number of benzene rings is 3. The van der Waals surface area contributed by atoms with Crippen LogP contribution in [-0.4, -0.2) is 14.5 Å². The molecule has 0 N–H and O–H groups in total. The number of hydrogen-bond donors (Lipinski definition) is 0. The molecule has 3 heterocycles. The Kier molecular flexibility index (Phi) is 7.82. The molecule has 1 unspecified atom stereocenters. The van der Waals surface area contributed by atoms with Gasteiger partial charge in [-0.1, -0.05) is 63.5 Å². The maximum Gasteiger partial charge on any atom is 0.0777 e. The first-order chi connectivity index (χ1) is 20.3. The molecule has 3 aliphatic rings. The van der Waals surface area contributed by atoms with Crippen LogP contribution in [0.1, 0.15) is 82.9 Å². The zero-order valence-corrected chi connectivity index (χ0v) is 28.1. The van der Waals surface area contributed by atoms with E-state index in [1.807, 2.05) is 30.5 Å². The second-order valence-corrected chi connectivity index (χ2v) is 13.3. The van der Waals surface area contributed by atoms with Gasteiger partial charge in [0, 0.05) is 31.9 Å². The maximum absolute atomic E-state index is 5.01. The SMILES string of the molecule is CC1(C)C=C(C2CCCC2)c2cccc3nc(-c4[c-]cccc4)n1c23.CC1c2ccc[c-]c2-c2ncccc2C1(C)C.[Ir]. The van der Waals surface area contributed by atoms with Gasteiger partial charge in [0.25, 0.3) is 0 Å². The zero-order chi connectivity index (χ0) is 29.1. The predicted octanol–water partition coefficient (Wildman–Crippen LogP) is 9.77. The van der Waals surface area contributed by atoms with E-state index in [-0.39, 0.29) is 31.1 Å². The first-order valence-corrected chi connectivity index (χ1v) is 15.5. The van der Waals surface area contributed by atoms with E-state index in [1.165, 1.54) is 53.5 Å². The number of allylic oxidation sites excluding steroid dienone is 2. The van der Waals surface area contributed by atoms with E-state index in [1.54, 1.807) is 5.57 Å². The minimum Gasteiger partial charge on any atom is -0.355 e. The van der Waals surface area contributed by atoms with Crippen LogP contribution >= 0.6 is 0 Å². The van der Waals surface area contributed by atoms with Gasteiger partial charge in [-0.2, -0.15) is 0 Å². The zero-order valence-electron chi connectivity index (χ0n) is 25.7. The van der Waals surface area contributed by atoms with Crippen LogP contribution in [0.4, 0.5) is 0 Å². The number of rotatable bonds is 2. The molecule has 221 valence electrons. The van der Waals surface area contributed by atoms with Gasteiger partial charge in [-0.3, -0.25) is 4.98 Å². The van der Waals surface area contributed by atoms with Crippen molar-refractivity contribution in [2.24, 2.45) is 5.92 Å².